The highest BCUT2D eigenvalue weighted by Crippen LogP contribution is 2.22. The largest absolute Gasteiger partial charge is 0.459 e. The predicted octanol–water partition coefficient (Wildman–Crippen LogP) is 3.53. The van der Waals surface area contributed by atoms with E-state index >= 15 is 0 Å². The number of hydrogen-bond donors (Lipinski definition) is 0. The van der Waals surface area contributed by atoms with E-state index in [2.05, 4.69) is 11.7 Å². The molecule has 0 radical (unpaired) electrons. The van der Waals surface area contributed by atoms with E-state index in [1.54, 1.807) is 17.7 Å². The summed E-state index contributed by atoms with van der Waals surface area (Å²) in [5.41, 5.74) is 2.54. The van der Waals surface area contributed by atoms with Gasteiger partial charge >= 0.3 is 5.97 Å². The van der Waals surface area contributed by atoms with Gasteiger partial charge in [0.05, 0.1) is 18.8 Å². The second-order valence-electron chi connectivity index (χ2n) is 5.37. The third-order valence-electron chi connectivity index (χ3n) is 3.51. The summed E-state index contributed by atoms with van der Waals surface area (Å²) in [5, 5.41) is 4.90. The first kappa shape index (κ1) is 18.2. The first-order valence-electron chi connectivity index (χ1n) is 7.67. The van der Waals surface area contributed by atoms with E-state index in [4.69, 9.17) is 21.1 Å². The van der Waals surface area contributed by atoms with Gasteiger partial charge in [0.2, 0.25) is 0 Å². The number of ether oxygens (including phenoxy) is 2. The second-order valence-corrected chi connectivity index (χ2v) is 5.73. The molecule has 0 spiro atoms. The molecule has 6 heteroatoms. The summed E-state index contributed by atoms with van der Waals surface area (Å²) in [7, 11) is 0. The molecule has 1 aromatic carbocycles. The van der Waals surface area contributed by atoms with Crippen molar-refractivity contribution in [1.29, 1.82) is 0 Å². The van der Waals surface area contributed by atoms with E-state index in [0.717, 1.165) is 11.3 Å². The van der Waals surface area contributed by atoms with E-state index in [1.165, 1.54) is 0 Å². The van der Waals surface area contributed by atoms with Crippen LogP contribution in [-0.2, 0) is 27.4 Å². The molecule has 1 atom stereocenters. The Hall–Kier alpha value is -2.11. The van der Waals surface area contributed by atoms with Crippen molar-refractivity contribution in [2.75, 3.05) is 6.61 Å². The molecule has 0 amide bonds. The van der Waals surface area contributed by atoms with Crippen molar-refractivity contribution < 1.29 is 14.3 Å². The first-order chi connectivity index (χ1) is 11.5. The molecule has 0 aliphatic carbocycles. The van der Waals surface area contributed by atoms with E-state index in [0.29, 0.717) is 23.9 Å². The van der Waals surface area contributed by atoms with Gasteiger partial charge in [0, 0.05) is 5.56 Å². The minimum atomic E-state index is -0.651. The van der Waals surface area contributed by atoms with Crippen LogP contribution < -0.4 is 0 Å². The maximum atomic E-state index is 11.9. The highest BCUT2D eigenvalue weighted by atomic mass is 35.5. The minimum Gasteiger partial charge on any atom is -0.459 e. The normalized spacial score (nSPS) is 12.0. The molecular formula is C18H21ClN2O3. The van der Waals surface area contributed by atoms with Crippen molar-refractivity contribution in [1.82, 2.24) is 9.78 Å². The van der Waals surface area contributed by atoms with Gasteiger partial charge in [-0.1, -0.05) is 48.0 Å². The minimum absolute atomic E-state index is 0.0695. The van der Waals surface area contributed by atoms with Crippen molar-refractivity contribution in [2.45, 2.75) is 33.1 Å². The van der Waals surface area contributed by atoms with E-state index in [1.807, 2.05) is 37.3 Å². The molecule has 1 heterocycles. The zero-order valence-corrected chi connectivity index (χ0v) is 14.6. The van der Waals surface area contributed by atoms with Gasteiger partial charge in [0.15, 0.2) is 6.10 Å². The number of esters is 1. The lowest BCUT2D eigenvalue weighted by Gasteiger charge is -2.11. The van der Waals surface area contributed by atoms with E-state index in [-0.39, 0.29) is 6.61 Å². The molecule has 1 aromatic heterocycles. The van der Waals surface area contributed by atoms with Crippen molar-refractivity contribution in [3.63, 3.8) is 0 Å². The zero-order valence-electron chi connectivity index (χ0n) is 13.9. The Kier molecular flexibility index (Phi) is 6.58. The summed E-state index contributed by atoms with van der Waals surface area (Å²) in [6.45, 7) is 7.95. The molecular weight excluding hydrogens is 328 g/mol. The van der Waals surface area contributed by atoms with Gasteiger partial charge < -0.3 is 9.47 Å². The average molecular weight is 349 g/mol. The molecule has 0 saturated heterocycles. The number of benzene rings is 1. The van der Waals surface area contributed by atoms with Crippen LogP contribution in [0.5, 0.6) is 0 Å². The monoisotopic (exact) mass is 348 g/mol. The lowest BCUT2D eigenvalue weighted by atomic mass is 10.2. The molecule has 0 aliphatic heterocycles. The van der Waals surface area contributed by atoms with Gasteiger partial charge in [-0.3, -0.25) is 0 Å². The molecule has 2 aromatic rings. The van der Waals surface area contributed by atoms with Crippen molar-refractivity contribution in [3.8, 4) is 0 Å². The molecule has 2 rings (SSSR count). The van der Waals surface area contributed by atoms with Crippen LogP contribution in [0.2, 0.25) is 5.15 Å². The third-order valence-corrected chi connectivity index (χ3v) is 3.94. The van der Waals surface area contributed by atoms with Crippen molar-refractivity contribution >= 4 is 17.6 Å². The van der Waals surface area contributed by atoms with Crippen LogP contribution >= 0.6 is 11.6 Å². The van der Waals surface area contributed by atoms with Crippen LogP contribution in [0.25, 0.3) is 0 Å². The number of aromatic nitrogens is 2. The molecule has 0 aliphatic rings. The molecule has 0 fully saturated rings. The molecule has 1 unspecified atom stereocenters. The average Bonchev–Trinajstić information content (AvgIpc) is 2.85. The van der Waals surface area contributed by atoms with Gasteiger partial charge in [0.1, 0.15) is 11.8 Å². The first-order valence-corrected chi connectivity index (χ1v) is 8.05. The third kappa shape index (κ3) is 4.69. The number of carbonyl (C=O) groups is 1. The predicted molar refractivity (Wildman–Crippen MR) is 92.9 cm³/mol. The quantitative estimate of drug-likeness (QED) is 0.541. The van der Waals surface area contributed by atoms with Crippen LogP contribution in [0.4, 0.5) is 0 Å². The fourth-order valence-electron chi connectivity index (χ4n) is 2.16. The number of hydrogen-bond acceptors (Lipinski definition) is 4. The molecule has 0 N–H and O–H groups in total. The summed E-state index contributed by atoms with van der Waals surface area (Å²) in [6, 6.07) is 9.90. The number of carbonyl (C=O) groups excluding carboxylic acids is 1. The Labute approximate surface area is 146 Å². The smallest absolute Gasteiger partial charge is 0.335 e. The lowest BCUT2D eigenvalue weighted by molar-refractivity contribution is -0.156. The number of halogens is 1. The van der Waals surface area contributed by atoms with Crippen LogP contribution in [0.1, 0.15) is 23.7 Å². The summed E-state index contributed by atoms with van der Waals surface area (Å²) in [5.74, 6) is -0.442. The maximum absolute atomic E-state index is 11.9. The molecule has 24 heavy (non-hydrogen) atoms. The highest BCUT2D eigenvalue weighted by Gasteiger charge is 2.18. The fraction of sp³-hybridized carbons (Fsp3) is 0.333. The summed E-state index contributed by atoms with van der Waals surface area (Å²) >= 11 is 6.39. The standard InChI is InChI=1S/C18H21ClN2O3/c1-4-10-23-14(3)18(22)24-12-16-13(2)20-21(17(16)19)11-15-8-6-5-7-9-15/h4-9,14H,1,10-12H2,2-3H3. The second kappa shape index (κ2) is 8.66. The molecule has 0 saturated carbocycles. The lowest BCUT2D eigenvalue weighted by Crippen LogP contribution is -2.23. The summed E-state index contributed by atoms with van der Waals surface area (Å²) in [4.78, 5) is 11.9. The zero-order chi connectivity index (χ0) is 17.5. The number of aryl methyl sites for hydroxylation is 1. The topological polar surface area (TPSA) is 53.4 Å². The Morgan fingerprint density at radius 1 is 1.42 bits per heavy atom. The Morgan fingerprint density at radius 2 is 2.12 bits per heavy atom. The molecule has 0 bridgehead atoms. The van der Waals surface area contributed by atoms with E-state index in [9.17, 15) is 4.79 Å². The Balaban J connectivity index is 2.01. The van der Waals surface area contributed by atoms with Crippen LogP contribution in [-0.4, -0.2) is 28.5 Å². The molecule has 5 nitrogen and oxygen atoms in total. The number of rotatable bonds is 8. The Bertz CT molecular complexity index is 698. The number of nitrogens with zero attached hydrogens (tertiary/aromatic N) is 2. The maximum Gasteiger partial charge on any atom is 0.335 e. The van der Waals surface area contributed by atoms with E-state index < -0.39 is 12.1 Å². The van der Waals surface area contributed by atoms with Crippen molar-refractivity contribution in [3.05, 3.63) is 65.0 Å². The van der Waals surface area contributed by atoms with Crippen LogP contribution in [0.15, 0.2) is 43.0 Å². The van der Waals surface area contributed by atoms with Gasteiger partial charge in [-0.2, -0.15) is 5.10 Å². The van der Waals surface area contributed by atoms with Crippen LogP contribution in [0.3, 0.4) is 0 Å². The van der Waals surface area contributed by atoms with Gasteiger partial charge in [-0.15, -0.1) is 6.58 Å². The summed E-state index contributed by atoms with van der Waals surface area (Å²) < 4.78 is 12.2. The molecule has 128 valence electrons. The van der Waals surface area contributed by atoms with Crippen LogP contribution in [0, 0.1) is 6.92 Å². The summed E-state index contributed by atoms with van der Waals surface area (Å²) in [6.07, 6.45) is 0.930. The fourth-order valence-corrected chi connectivity index (χ4v) is 2.45. The SMILES string of the molecule is C=CCOC(C)C(=O)OCc1c(C)nn(Cc2ccccc2)c1Cl. The van der Waals surface area contributed by atoms with Gasteiger partial charge in [0.25, 0.3) is 0 Å². The van der Waals surface area contributed by atoms with Gasteiger partial charge in [-0.25, -0.2) is 9.48 Å². The Morgan fingerprint density at radius 3 is 2.79 bits per heavy atom. The van der Waals surface area contributed by atoms with Gasteiger partial charge in [-0.05, 0) is 19.4 Å². The van der Waals surface area contributed by atoms with Crippen molar-refractivity contribution in [2.24, 2.45) is 0 Å². The highest BCUT2D eigenvalue weighted by molar-refractivity contribution is 6.30.